The molecule has 0 amide bonds. The number of thioether (sulfide) groups is 1. The Labute approximate surface area is 169 Å². The summed E-state index contributed by atoms with van der Waals surface area (Å²) in [6.45, 7) is 1.93. The lowest BCUT2D eigenvalue weighted by molar-refractivity contribution is 0.108. The highest BCUT2D eigenvalue weighted by atomic mass is 32.2. The molecule has 2 aromatic carbocycles. The monoisotopic (exact) mass is 393 g/mol. The number of fused-ring (bicyclic) bond motifs is 1. The number of nitrogens with one attached hydrogen (secondary N) is 1. The van der Waals surface area contributed by atoms with Crippen LogP contribution in [0.4, 0.5) is 0 Å². The molecule has 3 aromatic rings. The molecule has 1 saturated heterocycles. The third-order valence-electron chi connectivity index (χ3n) is 4.50. The Hall–Kier alpha value is -2.57. The van der Waals surface area contributed by atoms with Crippen LogP contribution in [0.25, 0.3) is 10.9 Å². The van der Waals surface area contributed by atoms with E-state index in [-0.39, 0.29) is 0 Å². The summed E-state index contributed by atoms with van der Waals surface area (Å²) in [7, 11) is 0. The molecule has 6 heteroatoms. The van der Waals surface area contributed by atoms with Crippen molar-refractivity contribution < 1.29 is 9.57 Å². The fourth-order valence-electron chi connectivity index (χ4n) is 3.07. The van der Waals surface area contributed by atoms with Gasteiger partial charge in [0.05, 0.1) is 17.4 Å². The van der Waals surface area contributed by atoms with Crippen LogP contribution in [0.1, 0.15) is 11.3 Å². The summed E-state index contributed by atoms with van der Waals surface area (Å²) in [5.74, 6) is 1.91. The Morgan fingerprint density at radius 2 is 1.96 bits per heavy atom. The molecule has 1 unspecified atom stereocenters. The van der Waals surface area contributed by atoms with Gasteiger partial charge in [-0.2, -0.15) is 0 Å². The van der Waals surface area contributed by atoms with Crippen LogP contribution in [0.5, 0.6) is 5.75 Å². The molecule has 1 fully saturated rings. The van der Waals surface area contributed by atoms with Gasteiger partial charge in [-0.25, -0.2) is 4.98 Å². The van der Waals surface area contributed by atoms with E-state index in [4.69, 9.17) is 9.57 Å². The van der Waals surface area contributed by atoms with E-state index in [0.29, 0.717) is 18.5 Å². The minimum atomic E-state index is 0.385. The van der Waals surface area contributed by atoms with Crippen LogP contribution in [0.2, 0.25) is 0 Å². The summed E-state index contributed by atoms with van der Waals surface area (Å²) in [6.07, 6.45) is 2.72. The number of para-hydroxylation sites is 1. The molecule has 5 nitrogen and oxygen atoms in total. The number of ether oxygens (including phenoxy) is 1. The second kappa shape index (κ2) is 9.57. The summed E-state index contributed by atoms with van der Waals surface area (Å²) >= 11 is 1.98. The first-order valence-corrected chi connectivity index (χ1v) is 10.5. The maximum Gasteiger partial charge on any atom is 0.151 e. The lowest BCUT2D eigenvalue weighted by Crippen LogP contribution is -2.14. The number of hydrogen-bond donors (Lipinski definition) is 1. The molecule has 1 atom stereocenters. The van der Waals surface area contributed by atoms with Gasteiger partial charge in [0.15, 0.2) is 6.61 Å². The van der Waals surface area contributed by atoms with Gasteiger partial charge in [-0.05, 0) is 36.2 Å². The van der Waals surface area contributed by atoms with E-state index in [2.05, 4.69) is 27.6 Å². The van der Waals surface area contributed by atoms with Crippen molar-refractivity contribution in [3.05, 3.63) is 71.9 Å². The Bertz CT molecular complexity index is 924. The fourth-order valence-corrected chi connectivity index (χ4v) is 4.08. The van der Waals surface area contributed by atoms with Crippen LogP contribution in [0.15, 0.2) is 65.8 Å². The predicted octanol–water partition coefficient (Wildman–Crippen LogP) is 3.87. The van der Waals surface area contributed by atoms with Gasteiger partial charge < -0.3 is 14.9 Å². The highest BCUT2D eigenvalue weighted by Crippen LogP contribution is 2.21. The van der Waals surface area contributed by atoms with Crippen molar-refractivity contribution in [2.75, 3.05) is 25.6 Å². The number of rotatable bonds is 8. The third kappa shape index (κ3) is 5.24. The lowest BCUT2D eigenvalue weighted by Gasteiger charge is -2.09. The highest BCUT2D eigenvalue weighted by molar-refractivity contribution is 8.00. The van der Waals surface area contributed by atoms with Crippen molar-refractivity contribution in [2.45, 2.75) is 11.7 Å². The molecule has 1 aliphatic heterocycles. The lowest BCUT2D eigenvalue weighted by atomic mass is 10.1. The van der Waals surface area contributed by atoms with Crippen LogP contribution in [0.3, 0.4) is 0 Å². The van der Waals surface area contributed by atoms with E-state index in [1.807, 2.05) is 60.3 Å². The first kappa shape index (κ1) is 18.8. The number of pyridine rings is 1. The molecule has 1 aliphatic rings. The van der Waals surface area contributed by atoms with Gasteiger partial charge >= 0.3 is 0 Å². The zero-order valence-electron chi connectivity index (χ0n) is 15.6. The molecule has 0 saturated carbocycles. The molecule has 1 N–H and O–H groups in total. The van der Waals surface area contributed by atoms with Crippen LogP contribution >= 0.6 is 11.8 Å². The van der Waals surface area contributed by atoms with Crippen molar-refractivity contribution in [2.24, 2.45) is 5.16 Å². The van der Waals surface area contributed by atoms with Crippen molar-refractivity contribution in [3.63, 3.8) is 0 Å². The third-order valence-corrected chi connectivity index (χ3v) is 5.68. The number of hydrogen-bond acceptors (Lipinski definition) is 6. The second-order valence-electron chi connectivity index (χ2n) is 6.58. The molecule has 28 heavy (non-hydrogen) atoms. The quantitative estimate of drug-likeness (QED) is 0.358. The maximum atomic E-state index is 5.71. The summed E-state index contributed by atoms with van der Waals surface area (Å²) in [5, 5.41) is 9.14. The minimum Gasteiger partial charge on any atom is -0.490 e. The first-order chi connectivity index (χ1) is 13.9. The average Bonchev–Trinajstić information content (AvgIpc) is 3.25. The SMILES string of the molecule is C(=NOCCOc1ccc(CC2CNCS2)cc1)c1ccc2ccccc2n1. The van der Waals surface area contributed by atoms with E-state index in [1.165, 1.54) is 5.56 Å². The second-order valence-corrected chi connectivity index (χ2v) is 7.87. The maximum absolute atomic E-state index is 5.71. The molecule has 4 rings (SSSR count). The molecule has 144 valence electrons. The van der Waals surface area contributed by atoms with E-state index >= 15 is 0 Å². The fraction of sp³-hybridized carbons (Fsp3) is 0.273. The standard InChI is InChI=1S/C22H23N3O2S/c1-2-4-22-18(3-1)7-8-19(25-22)14-24-27-12-11-26-20-9-5-17(6-10-20)13-21-15-23-16-28-21/h1-10,14,21,23H,11-13,15-16H2. The summed E-state index contributed by atoms with van der Waals surface area (Å²) in [5.41, 5.74) is 3.06. The zero-order valence-corrected chi connectivity index (χ0v) is 16.4. The molecule has 0 spiro atoms. The highest BCUT2D eigenvalue weighted by Gasteiger charge is 2.15. The number of oxime groups is 1. The van der Waals surface area contributed by atoms with Crippen LogP contribution < -0.4 is 10.1 Å². The Kier molecular flexibility index (Phi) is 6.42. The summed E-state index contributed by atoms with van der Waals surface area (Å²) in [4.78, 5) is 9.80. The van der Waals surface area contributed by atoms with E-state index < -0.39 is 0 Å². The molecule has 0 aliphatic carbocycles. The smallest absolute Gasteiger partial charge is 0.151 e. The molecule has 1 aromatic heterocycles. The van der Waals surface area contributed by atoms with Gasteiger partial charge in [0, 0.05) is 23.1 Å². The van der Waals surface area contributed by atoms with Crippen molar-refractivity contribution >= 4 is 28.9 Å². The molecular formula is C22H23N3O2S. The van der Waals surface area contributed by atoms with E-state index in [9.17, 15) is 0 Å². The molecule has 0 bridgehead atoms. The normalized spacial score (nSPS) is 16.6. The Morgan fingerprint density at radius 1 is 1.07 bits per heavy atom. The van der Waals surface area contributed by atoms with E-state index in [1.54, 1.807) is 6.21 Å². The van der Waals surface area contributed by atoms with Crippen molar-refractivity contribution in [3.8, 4) is 5.75 Å². The summed E-state index contributed by atoms with van der Waals surface area (Å²) < 4.78 is 5.71. The van der Waals surface area contributed by atoms with Gasteiger partial charge in [0.1, 0.15) is 12.4 Å². The summed E-state index contributed by atoms with van der Waals surface area (Å²) in [6, 6.07) is 20.3. The first-order valence-electron chi connectivity index (χ1n) is 9.42. The topological polar surface area (TPSA) is 55.7 Å². The number of nitrogens with zero attached hydrogens (tertiary/aromatic N) is 2. The van der Waals surface area contributed by atoms with E-state index in [0.717, 1.165) is 41.2 Å². The Balaban J connectivity index is 1.18. The van der Waals surface area contributed by atoms with Crippen molar-refractivity contribution in [1.82, 2.24) is 10.3 Å². The average molecular weight is 394 g/mol. The zero-order chi connectivity index (χ0) is 19.0. The van der Waals surface area contributed by atoms with Crippen molar-refractivity contribution in [1.29, 1.82) is 0 Å². The van der Waals surface area contributed by atoms with Gasteiger partial charge in [-0.1, -0.05) is 41.6 Å². The van der Waals surface area contributed by atoms with Gasteiger partial charge in [0.25, 0.3) is 0 Å². The number of benzene rings is 2. The molecule has 0 radical (unpaired) electrons. The Morgan fingerprint density at radius 3 is 2.82 bits per heavy atom. The molecule has 2 heterocycles. The van der Waals surface area contributed by atoms with Crippen LogP contribution in [-0.4, -0.2) is 42.1 Å². The van der Waals surface area contributed by atoms with Crippen LogP contribution in [-0.2, 0) is 11.3 Å². The van der Waals surface area contributed by atoms with Gasteiger partial charge in [-0.15, -0.1) is 11.8 Å². The van der Waals surface area contributed by atoms with Crippen LogP contribution in [0, 0.1) is 0 Å². The van der Waals surface area contributed by atoms with Gasteiger partial charge in [-0.3, -0.25) is 0 Å². The molecular weight excluding hydrogens is 370 g/mol. The van der Waals surface area contributed by atoms with Gasteiger partial charge in [0.2, 0.25) is 0 Å². The minimum absolute atomic E-state index is 0.385. The number of aromatic nitrogens is 1. The predicted molar refractivity (Wildman–Crippen MR) is 115 cm³/mol. The largest absolute Gasteiger partial charge is 0.490 e.